The molecule has 0 saturated heterocycles. The van der Waals surface area contributed by atoms with Gasteiger partial charge in [0.25, 0.3) is 0 Å². The highest BCUT2D eigenvalue weighted by Gasteiger charge is 2.23. The summed E-state index contributed by atoms with van der Waals surface area (Å²) in [6.07, 6.45) is 6.82. The Hall–Kier alpha value is -1.05. The summed E-state index contributed by atoms with van der Waals surface area (Å²) in [6.45, 7) is 4.51. The van der Waals surface area contributed by atoms with Gasteiger partial charge in [0.15, 0.2) is 0 Å². The van der Waals surface area contributed by atoms with Crippen LogP contribution in [-0.2, 0) is 0 Å². The van der Waals surface area contributed by atoms with E-state index in [1.165, 1.54) is 43.5 Å². The van der Waals surface area contributed by atoms with Crippen LogP contribution in [0.2, 0.25) is 0 Å². The zero-order chi connectivity index (χ0) is 13.1. The first kappa shape index (κ1) is 13.4. The van der Waals surface area contributed by atoms with Crippen molar-refractivity contribution >= 4 is 5.69 Å². The number of pyridine rings is 1. The molecular formula is C16H26N2. The fourth-order valence-corrected chi connectivity index (χ4v) is 3.06. The molecule has 2 nitrogen and oxygen atoms in total. The lowest BCUT2D eigenvalue weighted by atomic mass is 9.86. The summed E-state index contributed by atoms with van der Waals surface area (Å²) in [5, 5.41) is 0. The number of hydrogen-bond donors (Lipinski definition) is 0. The first-order valence-electron chi connectivity index (χ1n) is 7.24. The van der Waals surface area contributed by atoms with Crippen LogP contribution in [0.1, 0.15) is 56.3 Å². The van der Waals surface area contributed by atoms with Gasteiger partial charge in [0.1, 0.15) is 0 Å². The number of anilines is 1. The van der Waals surface area contributed by atoms with Crippen molar-refractivity contribution in [2.24, 2.45) is 5.92 Å². The normalized spacial score (nSPS) is 24.7. The lowest BCUT2D eigenvalue weighted by molar-refractivity contribution is 0.426. The number of aryl methyl sites for hydroxylation is 1. The van der Waals surface area contributed by atoms with Gasteiger partial charge in [0.2, 0.25) is 0 Å². The summed E-state index contributed by atoms with van der Waals surface area (Å²) in [6, 6.07) is 4.46. The highest BCUT2D eigenvalue weighted by molar-refractivity contribution is 5.47. The third kappa shape index (κ3) is 3.04. The third-order valence-electron chi connectivity index (χ3n) is 4.22. The first-order valence-corrected chi connectivity index (χ1v) is 7.24. The van der Waals surface area contributed by atoms with Crippen molar-refractivity contribution in [2.45, 2.75) is 51.9 Å². The summed E-state index contributed by atoms with van der Waals surface area (Å²) in [4.78, 5) is 6.99. The van der Waals surface area contributed by atoms with E-state index in [2.05, 4.69) is 45.0 Å². The molecule has 0 spiro atoms. The molecule has 2 rings (SSSR count). The molecule has 0 aliphatic heterocycles. The van der Waals surface area contributed by atoms with E-state index < -0.39 is 0 Å². The van der Waals surface area contributed by atoms with Crippen LogP contribution in [0.5, 0.6) is 0 Å². The fraction of sp³-hybridized carbons (Fsp3) is 0.688. The summed E-state index contributed by atoms with van der Waals surface area (Å²) in [5.41, 5.74) is 3.75. The molecule has 1 fully saturated rings. The molecule has 100 valence electrons. The molecule has 0 radical (unpaired) electrons. The molecular weight excluding hydrogens is 220 g/mol. The van der Waals surface area contributed by atoms with Gasteiger partial charge in [-0.1, -0.05) is 32.6 Å². The van der Waals surface area contributed by atoms with Crippen molar-refractivity contribution in [2.75, 3.05) is 19.0 Å². The second-order valence-electron chi connectivity index (χ2n) is 6.01. The Bertz CT molecular complexity index is 398. The van der Waals surface area contributed by atoms with E-state index in [4.69, 9.17) is 4.98 Å². The van der Waals surface area contributed by atoms with Crippen molar-refractivity contribution in [3.05, 3.63) is 23.5 Å². The number of hydrogen-bond acceptors (Lipinski definition) is 2. The lowest BCUT2D eigenvalue weighted by Crippen LogP contribution is -2.14. The molecule has 1 aliphatic carbocycles. The molecule has 0 N–H and O–H groups in total. The van der Waals surface area contributed by atoms with E-state index in [9.17, 15) is 0 Å². The third-order valence-corrected chi connectivity index (χ3v) is 4.22. The van der Waals surface area contributed by atoms with Crippen LogP contribution in [0.3, 0.4) is 0 Å². The average Bonchev–Trinajstić information content (AvgIpc) is 2.53. The fourth-order valence-electron chi connectivity index (χ4n) is 3.06. The quantitative estimate of drug-likeness (QED) is 0.729. The Morgan fingerprint density at radius 1 is 1.11 bits per heavy atom. The van der Waals surface area contributed by atoms with E-state index in [0.717, 1.165) is 11.6 Å². The molecule has 0 bridgehead atoms. The van der Waals surface area contributed by atoms with Crippen LogP contribution in [0.25, 0.3) is 0 Å². The number of aromatic nitrogens is 1. The number of nitrogens with zero attached hydrogens (tertiary/aromatic N) is 2. The summed E-state index contributed by atoms with van der Waals surface area (Å²) in [5.74, 6) is 1.43. The molecule has 0 amide bonds. The summed E-state index contributed by atoms with van der Waals surface area (Å²) in [7, 11) is 4.21. The minimum atomic E-state index is 0.658. The smallest absolute Gasteiger partial charge is 0.0460 e. The maximum atomic E-state index is 4.81. The highest BCUT2D eigenvalue weighted by Crippen LogP contribution is 2.36. The van der Waals surface area contributed by atoms with E-state index in [-0.39, 0.29) is 0 Å². The topological polar surface area (TPSA) is 16.1 Å². The lowest BCUT2D eigenvalue weighted by Gasteiger charge is -2.23. The maximum Gasteiger partial charge on any atom is 0.0460 e. The second-order valence-corrected chi connectivity index (χ2v) is 6.01. The van der Waals surface area contributed by atoms with Crippen molar-refractivity contribution in [3.63, 3.8) is 0 Å². The highest BCUT2D eigenvalue weighted by atomic mass is 15.1. The average molecular weight is 246 g/mol. The van der Waals surface area contributed by atoms with Gasteiger partial charge in [0, 0.05) is 37.1 Å². The molecule has 1 aliphatic rings. The molecule has 2 atom stereocenters. The van der Waals surface area contributed by atoms with E-state index >= 15 is 0 Å². The molecule has 0 aromatic carbocycles. The maximum absolute atomic E-state index is 4.81. The van der Waals surface area contributed by atoms with Gasteiger partial charge >= 0.3 is 0 Å². The SMILES string of the molecule is Cc1cc(N(C)C)cc(C2CCCCCC2C)n1. The van der Waals surface area contributed by atoms with Crippen LogP contribution in [0, 0.1) is 12.8 Å². The second kappa shape index (κ2) is 5.73. The van der Waals surface area contributed by atoms with Crippen LogP contribution >= 0.6 is 0 Å². The van der Waals surface area contributed by atoms with Crippen LogP contribution < -0.4 is 4.90 Å². The van der Waals surface area contributed by atoms with Crippen molar-refractivity contribution < 1.29 is 0 Å². The van der Waals surface area contributed by atoms with Gasteiger partial charge < -0.3 is 4.90 Å². The minimum absolute atomic E-state index is 0.658. The number of rotatable bonds is 2. The molecule has 1 aromatic heterocycles. The van der Waals surface area contributed by atoms with E-state index in [1.54, 1.807) is 0 Å². The predicted octanol–water partition coefficient (Wildman–Crippen LogP) is 4.14. The molecule has 2 heteroatoms. The molecule has 1 aromatic rings. The molecule has 2 unspecified atom stereocenters. The van der Waals surface area contributed by atoms with E-state index in [0.29, 0.717) is 5.92 Å². The predicted molar refractivity (Wildman–Crippen MR) is 78.3 cm³/mol. The Morgan fingerprint density at radius 3 is 2.56 bits per heavy atom. The van der Waals surface area contributed by atoms with Gasteiger partial charge in [-0.05, 0) is 31.4 Å². The van der Waals surface area contributed by atoms with E-state index in [1.807, 2.05) is 0 Å². The molecule has 1 saturated carbocycles. The van der Waals surface area contributed by atoms with Gasteiger partial charge in [0.05, 0.1) is 0 Å². The Morgan fingerprint density at radius 2 is 1.83 bits per heavy atom. The molecule has 1 heterocycles. The first-order chi connectivity index (χ1) is 8.58. The van der Waals surface area contributed by atoms with Crippen LogP contribution in [0.15, 0.2) is 12.1 Å². The summed E-state index contributed by atoms with van der Waals surface area (Å²) < 4.78 is 0. The van der Waals surface area contributed by atoms with Gasteiger partial charge in [-0.15, -0.1) is 0 Å². The van der Waals surface area contributed by atoms with Gasteiger partial charge in [-0.25, -0.2) is 0 Å². The Balaban J connectivity index is 2.30. The largest absolute Gasteiger partial charge is 0.378 e. The van der Waals surface area contributed by atoms with Crippen LogP contribution in [0.4, 0.5) is 5.69 Å². The monoisotopic (exact) mass is 246 g/mol. The van der Waals surface area contributed by atoms with Crippen molar-refractivity contribution in [1.29, 1.82) is 0 Å². The van der Waals surface area contributed by atoms with Crippen LogP contribution in [-0.4, -0.2) is 19.1 Å². The molecule has 18 heavy (non-hydrogen) atoms. The van der Waals surface area contributed by atoms with Crippen molar-refractivity contribution in [1.82, 2.24) is 4.98 Å². The zero-order valence-corrected chi connectivity index (χ0v) is 12.2. The van der Waals surface area contributed by atoms with Gasteiger partial charge in [-0.2, -0.15) is 0 Å². The Kier molecular flexibility index (Phi) is 4.26. The van der Waals surface area contributed by atoms with Crippen molar-refractivity contribution in [3.8, 4) is 0 Å². The minimum Gasteiger partial charge on any atom is -0.378 e. The standard InChI is InChI=1S/C16H26N2/c1-12-8-6-5-7-9-15(12)16-11-14(18(3)4)10-13(2)17-16/h10-12,15H,5-9H2,1-4H3. The summed E-state index contributed by atoms with van der Waals surface area (Å²) >= 11 is 0. The zero-order valence-electron chi connectivity index (χ0n) is 12.2. The van der Waals surface area contributed by atoms with Gasteiger partial charge in [-0.3, -0.25) is 4.98 Å². The Labute approximate surface area is 111 Å².